The number of hydrogen-bond acceptors (Lipinski definition) is 1. The summed E-state index contributed by atoms with van der Waals surface area (Å²) < 4.78 is 0. The lowest BCUT2D eigenvalue weighted by Crippen LogP contribution is -2.55. The summed E-state index contributed by atoms with van der Waals surface area (Å²) in [6.07, 6.45) is 15.1. The Bertz CT molecular complexity index is 739. The molecule has 5 rings (SSSR count). The van der Waals surface area contributed by atoms with Gasteiger partial charge < -0.3 is 5.11 Å². The van der Waals surface area contributed by atoms with Crippen molar-refractivity contribution in [2.24, 2.45) is 57.2 Å². The first-order chi connectivity index (χ1) is 14.5. The standard InChI is InChI=1S/C30H50O/c1-19(2)20(3)8-9-21(4)23-12-14-28(7)26-11-10-24-22(5)25(31)13-15-29(24)18-30(26,29)17-16-27(23,28)6/h19,21-26,31H,3,8-18H2,1-2,4-7H3/t21-,22-,23-,24-,25-,26+,27-,28-,29-,30+/m1/s1. The normalized spacial score (nSPS) is 53.9. The minimum absolute atomic E-state index is 0.0356. The molecule has 0 heterocycles. The van der Waals surface area contributed by atoms with E-state index >= 15 is 0 Å². The minimum Gasteiger partial charge on any atom is -0.393 e. The first kappa shape index (κ1) is 22.5. The molecule has 31 heavy (non-hydrogen) atoms. The van der Waals surface area contributed by atoms with E-state index in [1.54, 1.807) is 0 Å². The average molecular weight is 427 g/mol. The topological polar surface area (TPSA) is 20.2 Å². The van der Waals surface area contributed by atoms with Gasteiger partial charge in [-0.25, -0.2) is 0 Å². The third kappa shape index (κ3) is 2.77. The molecule has 5 aliphatic carbocycles. The van der Waals surface area contributed by atoms with E-state index in [1.807, 2.05) is 0 Å². The summed E-state index contributed by atoms with van der Waals surface area (Å²) in [6.45, 7) is 19.4. The van der Waals surface area contributed by atoms with Gasteiger partial charge >= 0.3 is 0 Å². The molecule has 0 aromatic rings. The number of hydrogen-bond donors (Lipinski definition) is 1. The fourth-order valence-corrected chi connectivity index (χ4v) is 10.9. The van der Waals surface area contributed by atoms with Crippen molar-refractivity contribution < 1.29 is 5.11 Å². The molecule has 5 fully saturated rings. The van der Waals surface area contributed by atoms with Crippen LogP contribution >= 0.6 is 0 Å². The zero-order valence-corrected chi connectivity index (χ0v) is 21.5. The molecular weight excluding hydrogens is 376 g/mol. The van der Waals surface area contributed by atoms with Crippen molar-refractivity contribution in [1.82, 2.24) is 0 Å². The number of aliphatic hydroxyl groups excluding tert-OH is 1. The van der Waals surface area contributed by atoms with Crippen molar-refractivity contribution in [3.63, 3.8) is 0 Å². The molecule has 0 saturated heterocycles. The number of allylic oxidation sites excluding steroid dienone is 1. The van der Waals surface area contributed by atoms with E-state index < -0.39 is 0 Å². The van der Waals surface area contributed by atoms with Gasteiger partial charge in [0.1, 0.15) is 0 Å². The van der Waals surface area contributed by atoms with Crippen LogP contribution in [0, 0.1) is 57.2 Å². The summed E-state index contributed by atoms with van der Waals surface area (Å²) in [6, 6.07) is 0. The Morgan fingerprint density at radius 3 is 2.39 bits per heavy atom. The molecule has 2 spiro atoms. The van der Waals surface area contributed by atoms with Crippen molar-refractivity contribution in [2.45, 2.75) is 118 Å². The maximum atomic E-state index is 10.6. The first-order valence-corrected chi connectivity index (χ1v) is 13.9. The van der Waals surface area contributed by atoms with Crippen LogP contribution in [0.5, 0.6) is 0 Å². The summed E-state index contributed by atoms with van der Waals surface area (Å²) in [7, 11) is 0. The van der Waals surface area contributed by atoms with Crippen molar-refractivity contribution in [3.05, 3.63) is 12.2 Å². The highest BCUT2D eigenvalue weighted by molar-refractivity contribution is 5.29. The van der Waals surface area contributed by atoms with E-state index in [0.717, 1.165) is 30.1 Å². The molecule has 0 radical (unpaired) electrons. The highest BCUT2D eigenvalue weighted by atomic mass is 16.3. The molecule has 10 atom stereocenters. The van der Waals surface area contributed by atoms with Gasteiger partial charge in [-0.1, -0.05) is 53.7 Å². The third-order valence-electron chi connectivity index (χ3n) is 13.1. The van der Waals surface area contributed by atoms with Gasteiger partial charge in [0.25, 0.3) is 0 Å². The first-order valence-electron chi connectivity index (χ1n) is 13.9. The summed E-state index contributed by atoms with van der Waals surface area (Å²) in [4.78, 5) is 0. The number of rotatable bonds is 5. The Morgan fingerprint density at radius 1 is 0.935 bits per heavy atom. The van der Waals surface area contributed by atoms with E-state index in [0.29, 0.717) is 33.5 Å². The van der Waals surface area contributed by atoms with Crippen molar-refractivity contribution >= 4 is 0 Å². The van der Waals surface area contributed by atoms with Gasteiger partial charge in [0.2, 0.25) is 0 Å². The molecule has 0 amide bonds. The van der Waals surface area contributed by atoms with Crippen LogP contribution in [0.2, 0.25) is 0 Å². The van der Waals surface area contributed by atoms with Gasteiger partial charge in [0.05, 0.1) is 6.10 Å². The fraction of sp³-hybridized carbons (Fsp3) is 0.933. The van der Waals surface area contributed by atoms with Gasteiger partial charge in [-0.3, -0.25) is 0 Å². The summed E-state index contributed by atoms with van der Waals surface area (Å²) in [5.74, 6) is 4.63. The largest absolute Gasteiger partial charge is 0.393 e. The number of aliphatic hydroxyl groups is 1. The summed E-state index contributed by atoms with van der Waals surface area (Å²) >= 11 is 0. The SMILES string of the molecule is C=C(CC[C@@H](C)[C@H]1CC[C@]2(C)[C@@H]3CC[C@@H]4[C@@H](C)[C@H](O)CC[C@@]45C[C@@]35CC[C@]12C)C(C)C. The van der Waals surface area contributed by atoms with Gasteiger partial charge in [-0.2, -0.15) is 0 Å². The fourth-order valence-electron chi connectivity index (χ4n) is 10.9. The Hall–Kier alpha value is -0.300. The highest BCUT2D eigenvalue weighted by Crippen LogP contribution is 2.88. The van der Waals surface area contributed by atoms with Crippen LogP contribution in [0.3, 0.4) is 0 Å². The lowest BCUT2D eigenvalue weighted by atomic mass is 9.43. The quantitative estimate of drug-likeness (QED) is 0.441. The Morgan fingerprint density at radius 2 is 1.68 bits per heavy atom. The van der Waals surface area contributed by atoms with E-state index in [9.17, 15) is 5.11 Å². The van der Waals surface area contributed by atoms with E-state index in [-0.39, 0.29) is 6.10 Å². The predicted molar refractivity (Wildman–Crippen MR) is 131 cm³/mol. The van der Waals surface area contributed by atoms with Crippen LogP contribution in [0.1, 0.15) is 112 Å². The molecular formula is C30H50O. The maximum absolute atomic E-state index is 10.6. The minimum atomic E-state index is -0.0356. The van der Waals surface area contributed by atoms with Crippen molar-refractivity contribution in [3.8, 4) is 0 Å². The average Bonchev–Trinajstić information content (AvgIpc) is 3.31. The second kappa shape index (κ2) is 7.10. The monoisotopic (exact) mass is 426 g/mol. The van der Waals surface area contributed by atoms with Crippen LogP contribution in [0.25, 0.3) is 0 Å². The summed E-state index contributed by atoms with van der Waals surface area (Å²) in [5.41, 5.74) is 3.76. The molecule has 0 bridgehead atoms. The molecule has 1 N–H and O–H groups in total. The smallest absolute Gasteiger partial charge is 0.0568 e. The van der Waals surface area contributed by atoms with Crippen LogP contribution < -0.4 is 0 Å². The van der Waals surface area contributed by atoms with Crippen LogP contribution in [-0.4, -0.2) is 11.2 Å². The van der Waals surface area contributed by atoms with Crippen LogP contribution in [-0.2, 0) is 0 Å². The molecule has 176 valence electrons. The Balaban J connectivity index is 1.37. The molecule has 1 nitrogen and oxygen atoms in total. The van der Waals surface area contributed by atoms with Gasteiger partial charge in [0, 0.05) is 0 Å². The molecule has 0 aliphatic heterocycles. The molecule has 0 aromatic carbocycles. The highest BCUT2D eigenvalue weighted by Gasteiger charge is 2.81. The van der Waals surface area contributed by atoms with Crippen LogP contribution in [0.4, 0.5) is 0 Å². The van der Waals surface area contributed by atoms with Gasteiger partial charge in [0.15, 0.2) is 0 Å². The van der Waals surface area contributed by atoms with Gasteiger partial charge in [-0.15, -0.1) is 0 Å². The zero-order valence-electron chi connectivity index (χ0n) is 21.5. The molecule has 0 aromatic heterocycles. The van der Waals surface area contributed by atoms with E-state index in [1.165, 1.54) is 69.8 Å². The Labute approximate surface area is 192 Å². The molecule has 5 saturated carbocycles. The van der Waals surface area contributed by atoms with E-state index in [4.69, 9.17) is 0 Å². The lowest BCUT2D eigenvalue weighted by molar-refractivity contribution is -0.142. The van der Waals surface area contributed by atoms with Gasteiger partial charge in [-0.05, 0) is 128 Å². The van der Waals surface area contributed by atoms with Crippen molar-refractivity contribution in [2.75, 3.05) is 0 Å². The summed E-state index contributed by atoms with van der Waals surface area (Å²) in [5, 5.41) is 10.6. The molecule has 0 unspecified atom stereocenters. The third-order valence-corrected chi connectivity index (χ3v) is 13.1. The number of fused-ring (bicyclic) bond motifs is 2. The predicted octanol–water partition coefficient (Wildman–Crippen LogP) is 8.02. The maximum Gasteiger partial charge on any atom is 0.0568 e. The van der Waals surface area contributed by atoms with Crippen molar-refractivity contribution in [1.29, 1.82) is 0 Å². The lowest BCUT2D eigenvalue weighted by Gasteiger charge is -2.62. The second-order valence-corrected chi connectivity index (χ2v) is 14.0. The molecule has 5 aliphatic rings. The zero-order chi connectivity index (χ0) is 22.4. The molecule has 1 heteroatoms. The second-order valence-electron chi connectivity index (χ2n) is 14.0. The Kier molecular flexibility index (Phi) is 5.15. The van der Waals surface area contributed by atoms with E-state index in [2.05, 4.69) is 48.1 Å². The van der Waals surface area contributed by atoms with Crippen LogP contribution in [0.15, 0.2) is 12.2 Å².